The monoisotopic (exact) mass is 346 g/mol. The Balaban J connectivity index is 1.65. The number of likely N-dealkylation sites (tertiary alicyclic amines) is 1. The molecule has 0 aliphatic carbocycles. The quantitative estimate of drug-likeness (QED) is 0.925. The van der Waals surface area contributed by atoms with Gasteiger partial charge in [-0.2, -0.15) is 0 Å². The smallest absolute Gasteiger partial charge is 0.263 e. The van der Waals surface area contributed by atoms with Gasteiger partial charge >= 0.3 is 0 Å². The lowest BCUT2D eigenvalue weighted by Crippen LogP contribution is -2.45. The summed E-state index contributed by atoms with van der Waals surface area (Å²) in [6.07, 6.45) is 2.78. The van der Waals surface area contributed by atoms with Crippen LogP contribution in [0.1, 0.15) is 38.6 Å². The normalized spacial score (nSPS) is 17.0. The first kappa shape index (κ1) is 17.1. The Bertz CT molecular complexity index is 703. The number of aromatic nitrogens is 1. The van der Waals surface area contributed by atoms with Gasteiger partial charge in [0.05, 0.1) is 17.2 Å². The summed E-state index contributed by atoms with van der Waals surface area (Å²) in [7, 11) is 1.64. The zero-order valence-corrected chi connectivity index (χ0v) is 14.8. The summed E-state index contributed by atoms with van der Waals surface area (Å²) in [6, 6.07) is 7.62. The van der Waals surface area contributed by atoms with Crippen molar-refractivity contribution in [1.29, 1.82) is 0 Å². The van der Waals surface area contributed by atoms with E-state index in [1.54, 1.807) is 13.3 Å². The molecular formula is C18H22N2O3S. The molecule has 1 fully saturated rings. The predicted molar refractivity (Wildman–Crippen MR) is 93.0 cm³/mol. The average molecular weight is 346 g/mol. The number of ether oxygens (including phenoxy) is 1. The molecule has 2 aromatic rings. The summed E-state index contributed by atoms with van der Waals surface area (Å²) >= 11 is 1.47. The van der Waals surface area contributed by atoms with Gasteiger partial charge in [0.15, 0.2) is 0 Å². The molecule has 5 nitrogen and oxygen atoms in total. The highest BCUT2D eigenvalue weighted by molar-refractivity contribution is 7.14. The number of hydrogen-bond donors (Lipinski definition) is 1. The maximum absolute atomic E-state index is 12.6. The third-order valence-electron chi connectivity index (χ3n) is 4.43. The number of pyridine rings is 1. The van der Waals surface area contributed by atoms with Crippen LogP contribution in [-0.4, -0.2) is 41.1 Å². The molecule has 1 saturated heterocycles. The van der Waals surface area contributed by atoms with E-state index in [0.717, 1.165) is 15.3 Å². The van der Waals surface area contributed by atoms with Gasteiger partial charge in [-0.25, -0.2) is 0 Å². The van der Waals surface area contributed by atoms with Crippen molar-refractivity contribution in [2.75, 3.05) is 20.2 Å². The van der Waals surface area contributed by atoms with E-state index in [1.165, 1.54) is 11.3 Å². The summed E-state index contributed by atoms with van der Waals surface area (Å²) in [5.74, 6) is 0.0290. The average Bonchev–Trinajstić information content (AvgIpc) is 3.04. The van der Waals surface area contributed by atoms with Crippen LogP contribution >= 0.6 is 11.3 Å². The van der Waals surface area contributed by atoms with E-state index < -0.39 is 5.60 Å². The van der Waals surface area contributed by atoms with Gasteiger partial charge in [0.1, 0.15) is 5.60 Å². The standard InChI is InChI=1S/C18H22N2O3S/c1-13-3-6-16(19-11-13)18(22)7-9-20(10-8-18)17(21)15-5-4-14(24-15)12-23-2/h3-6,11,22H,7-10,12H2,1-2H3. The van der Waals surface area contributed by atoms with Crippen LogP contribution in [0.15, 0.2) is 30.5 Å². The highest BCUT2D eigenvalue weighted by Crippen LogP contribution is 2.32. The Labute approximate surface area is 145 Å². The zero-order valence-electron chi connectivity index (χ0n) is 14.0. The second-order valence-electron chi connectivity index (χ2n) is 6.24. The molecule has 0 aromatic carbocycles. The third-order valence-corrected chi connectivity index (χ3v) is 5.47. The van der Waals surface area contributed by atoms with Gasteiger partial charge in [0, 0.05) is 31.3 Å². The van der Waals surface area contributed by atoms with Crippen LogP contribution in [0.25, 0.3) is 0 Å². The van der Waals surface area contributed by atoms with Gasteiger partial charge in [-0.1, -0.05) is 6.07 Å². The van der Waals surface area contributed by atoms with E-state index in [2.05, 4.69) is 4.98 Å². The Kier molecular flexibility index (Phi) is 4.99. The topological polar surface area (TPSA) is 62.7 Å². The van der Waals surface area contributed by atoms with Gasteiger partial charge < -0.3 is 14.7 Å². The highest BCUT2D eigenvalue weighted by Gasteiger charge is 2.36. The Morgan fingerprint density at radius 3 is 2.71 bits per heavy atom. The molecular weight excluding hydrogens is 324 g/mol. The molecule has 1 N–H and O–H groups in total. The molecule has 0 radical (unpaired) electrons. The number of carbonyl (C=O) groups is 1. The molecule has 3 rings (SSSR count). The van der Waals surface area contributed by atoms with E-state index in [1.807, 2.05) is 36.1 Å². The first-order chi connectivity index (χ1) is 11.5. The number of aryl methyl sites for hydroxylation is 1. The minimum Gasteiger partial charge on any atom is -0.383 e. The number of hydrogen-bond acceptors (Lipinski definition) is 5. The minimum absolute atomic E-state index is 0.0290. The van der Waals surface area contributed by atoms with Crippen molar-refractivity contribution in [2.24, 2.45) is 0 Å². The van der Waals surface area contributed by atoms with Crippen molar-refractivity contribution in [3.05, 3.63) is 51.5 Å². The van der Waals surface area contributed by atoms with E-state index in [9.17, 15) is 9.90 Å². The maximum Gasteiger partial charge on any atom is 0.263 e. The molecule has 1 aliphatic rings. The number of piperidine rings is 1. The lowest BCUT2D eigenvalue weighted by molar-refractivity contribution is -0.0243. The van der Waals surface area contributed by atoms with E-state index in [4.69, 9.17) is 4.74 Å². The molecule has 24 heavy (non-hydrogen) atoms. The molecule has 0 spiro atoms. The Morgan fingerprint density at radius 1 is 1.33 bits per heavy atom. The second-order valence-corrected chi connectivity index (χ2v) is 7.41. The Morgan fingerprint density at radius 2 is 2.08 bits per heavy atom. The highest BCUT2D eigenvalue weighted by atomic mass is 32.1. The molecule has 6 heteroatoms. The predicted octanol–water partition coefficient (Wildman–Crippen LogP) is 2.72. The van der Waals surface area contributed by atoms with Crippen LogP contribution < -0.4 is 0 Å². The fourth-order valence-electron chi connectivity index (χ4n) is 2.95. The van der Waals surface area contributed by atoms with Crippen molar-refractivity contribution in [3.63, 3.8) is 0 Å². The van der Waals surface area contributed by atoms with E-state index in [-0.39, 0.29) is 5.91 Å². The first-order valence-electron chi connectivity index (χ1n) is 8.04. The van der Waals surface area contributed by atoms with Crippen LogP contribution in [0.5, 0.6) is 0 Å². The van der Waals surface area contributed by atoms with Crippen molar-refractivity contribution in [3.8, 4) is 0 Å². The molecule has 0 saturated carbocycles. The van der Waals surface area contributed by atoms with Crippen LogP contribution in [0.2, 0.25) is 0 Å². The lowest BCUT2D eigenvalue weighted by Gasteiger charge is -2.37. The Hall–Kier alpha value is -1.76. The van der Waals surface area contributed by atoms with Gasteiger partial charge in [-0.05, 0) is 43.5 Å². The number of rotatable bonds is 4. The lowest BCUT2D eigenvalue weighted by atomic mass is 9.87. The molecule has 0 unspecified atom stereocenters. The number of aliphatic hydroxyl groups is 1. The molecule has 1 aliphatic heterocycles. The summed E-state index contributed by atoms with van der Waals surface area (Å²) in [5.41, 5.74) is 0.819. The van der Waals surface area contributed by atoms with Gasteiger partial charge in [-0.15, -0.1) is 11.3 Å². The van der Waals surface area contributed by atoms with E-state index >= 15 is 0 Å². The summed E-state index contributed by atoms with van der Waals surface area (Å²) in [4.78, 5) is 20.5. The minimum atomic E-state index is -0.943. The summed E-state index contributed by atoms with van der Waals surface area (Å²) in [6.45, 7) is 3.56. The number of thiophene rings is 1. The fraction of sp³-hybridized carbons (Fsp3) is 0.444. The SMILES string of the molecule is COCc1ccc(C(=O)N2CCC(O)(c3ccc(C)cn3)CC2)s1. The maximum atomic E-state index is 12.6. The van der Waals surface area contributed by atoms with Crippen LogP contribution in [-0.2, 0) is 16.9 Å². The fourth-order valence-corrected chi connectivity index (χ4v) is 3.90. The van der Waals surface area contributed by atoms with Crippen LogP contribution in [0.3, 0.4) is 0 Å². The van der Waals surface area contributed by atoms with Gasteiger partial charge in [0.25, 0.3) is 5.91 Å². The van der Waals surface area contributed by atoms with Crippen molar-refractivity contribution >= 4 is 17.2 Å². The summed E-state index contributed by atoms with van der Waals surface area (Å²) < 4.78 is 5.10. The van der Waals surface area contributed by atoms with Crippen molar-refractivity contribution in [2.45, 2.75) is 32.0 Å². The van der Waals surface area contributed by atoms with Crippen LogP contribution in [0.4, 0.5) is 0 Å². The molecule has 2 aromatic heterocycles. The van der Waals surface area contributed by atoms with Crippen molar-refractivity contribution in [1.82, 2.24) is 9.88 Å². The zero-order chi connectivity index (χ0) is 17.2. The molecule has 0 bridgehead atoms. The molecule has 3 heterocycles. The number of nitrogens with zero attached hydrogens (tertiary/aromatic N) is 2. The van der Waals surface area contributed by atoms with Crippen molar-refractivity contribution < 1.29 is 14.6 Å². The third kappa shape index (κ3) is 3.50. The number of methoxy groups -OCH3 is 1. The van der Waals surface area contributed by atoms with E-state index in [0.29, 0.717) is 38.2 Å². The molecule has 128 valence electrons. The summed E-state index contributed by atoms with van der Waals surface area (Å²) in [5, 5.41) is 10.9. The van der Waals surface area contributed by atoms with Gasteiger partial charge in [0.2, 0.25) is 0 Å². The first-order valence-corrected chi connectivity index (χ1v) is 8.86. The number of carbonyl (C=O) groups excluding carboxylic acids is 1. The largest absolute Gasteiger partial charge is 0.383 e. The molecule has 1 amide bonds. The van der Waals surface area contributed by atoms with Gasteiger partial charge in [-0.3, -0.25) is 9.78 Å². The second kappa shape index (κ2) is 7.01. The molecule has 0 atom stereocenters. The van der Waals surface area contributed by atoms with Crippen LogP contribution in [0, 0.1) is 6.92 Å². The number of amides is 1.